The third-order valence-corrected chi connectivity index (χ3v) is 5.31. The van der Waals surface area contributed by atoms with E-state index in [9.17, 15) is 4.79 Å². The molecule has 6 nitrogen and oxygen atoms in total. The van der Waals surface area contributed by atoms with Crippen molar-refractivity contribution in [2.45, 2.75) is 40.3 Å². The molecule has 6 heteroatoms. The van der Waals surface area contributed by atoms with Crippen molar-refractivity contribution in [3.63, 3.8) is 0 Å². The number of amides is 1. The number of fused-ring (bicyclic) bond motifs is 1. The van der Waals surface area contributed by atoms with Crippen LogP contribution in [-0.2, 0) is 6.54 Å². The Morgan fingerprint density at radius 3 is 2.47 bits per heavy atom. The smallest absolute Gasteiger partial charge is 0.251 e. The largest absolute Gasteiger partial charge is 0.342 e. The SMILES string of the molecule is Cc1cc(C)n(Cc2ccc(C(=O)N[C@H](c3nc4ccccc4[nH]3)C(C)C)cc2)n1. The molecule has 2 aromatic carbocycles. The van der Waals surface area contributed by atoms with Crippen molar-refractivity contribution in [3.05, 3.63) is 82.9 Å². The molecule has 154 valence electrons. The van der Waals surface area contributed by atoms with Gasteiger partial charge >= 0.3 is 0 Å². The number of hydrogen-bond donors (Lipinski definition) is 2. The normalized spacial score (nSPS) is 12.4. The highest BCUT2D eigenvalue weighted by Gasteiger charge is 2.22. The average Bonchev–Trinajstić information content (AvgIpc) is 3.28. The van der Waals surface area contributed by atoms with E-state index in [1.54, 1.807) is 0 Å². The number of carbonyl (C=O) groups is 1. The van der Waals surface area contributed by atoms with Crippen LogP contribution < -0.4 is 5.32 Å². The molecule has 30 heavy (non-hydrogen) atoms. The van der Waals surface area contributed by atoms with Crippen molar-refractivity contribution < 1.29 is 4.79 Å². The molecule has 0 spiro atoms. The second-order valence-corrected chi connectivity index (χ2v) is 8.12. The minimum absolute atomic E-state index is 0.105. The number of benzene rings is 2. The summed E-state index contributed by atoms with van der Waals surface area (Å²) in [6, 6.07) is 17.5. The number of carbonyl (C=O) groups excluding carboxylic acids is 1. The highest BCUT2D eigenvalue weighted by Crippen LogP contribution is 2.23. The highest BCUT2D eigenvalue weighted by atomic mass is 16.1. The molecule has 0 radical (unpaired) electrons. The molecule has 0 bridgehead atoms. The first-order valence-corrected chi connectivity index (χ1v) is 10.3. The van der Waals surface area contributed by atoms with Gasteiger partial charge in [-0.15, -0.1) is 0 Å². The summed E-state index contributed by atoms with van der Waals surface area (Å²) in [4.78, 5) is 20.9. The summed E-state index contributed by atoms with van der Waals surface area (Å²) in [5.41, 5.74) is 5.75. The predicted octanol–water partition coefficient (Wildman–Crippen LogP) is 4.55. The van der Waals surface area contributed by atoms with Crippen LogP contribution in [0.15, 0.2) is 54.6 Å². The van der Waals surface area contributed by atoms with Crippen LogP contribution in [0.5, 0.6) is 0 Å². The highest BCUT2D eigenvalue weighted by molar-refractivity contribution is 5.94. The van der Waals surface area contributed by atoms with Crippen LogP contribution in [0.3, 0.4) is 0 Å². The van der Waals surface area contributed by atoms with E-state index in [0.29, 0.717) is 12.1 Å². The van der Waals surface area contributed by atoms with Crippen LogP contribution in [-0.4, -0.2) is 25.7 Å². The molecule has 0 fully saturated rings. The Morgan fingerprint density at radius 1 is 1.10 bits per heavy atom. The Hall–Kier alpha value is -3.41. The molecule has 2 N–H and O–H groups in total. The first-order valence-electron chi connectivity index (χ1n) is 10.3. The number of para-hydroxylation sites is 2. The summed E-state index contributed by atoms with van der Waals surface area (Å²) < 4.78 is 1.97. The summed E-state index contributed by atoms with van der Waals surface area (Å²) in [6.07, 6.45) is 0. The molecule has 0 aliphatic rings. The zero-order chi connectivity index (χ0) is 21.3. The van der Waals surface area contributed by atoms with Gasteiger partial charge in [0.1, 0.15) is 5.82 Å². The summed E-state index contributed by atoms with van der Waals surface area (Å²) in [5, 5.41) is 7.64. The first-order chi connectivity index (χ1) is 14.4. The third kappa shape index (κ3) is 4.13. The molecule has 4 aromatic rings. The standard InChI is InChI=1S/C24H27N5O/c1-15(2)22(23-25-20-7-5-6-8-21(20)26-23)27-24(30)19-11-9-18(10-12-19)14-29-17(4)13-16(3)28-29/h5-13,15,22H,14H2,1-4H3,(H,25,26)(H,27,30)/t22-/m0/s1. The summed E-state index contributed by atoms with van der Waals surface area (Å²) in [6.45, 7) is 8.89. The lowest BCUT2D eigenvalue weighted by Gasteiger charge is -2.20. The van der Waals surface area contributed by atoms with E-state index >= 15 is 0 Å². The molecule has 0 aliphatic heterocycles. The molecule has 4 rings (SSSR count). The molecule has 2 heterocycles. The fourth-order valence-electron chi connectivity index (χ4n) is 3.66. The van der Waals surface area contributed by atoms with Gasteiger partial charge in [0.2, 0.25) is 0 Å². The number of nitrogens with one attached hydrogen (secondary N) is 2. The molecular weight excluding hydrogens is 374 g/mol. The molecule has 0 unspecified atom stereocenters. The van der Waals surface area contributed by atoms with Crippen LogP contribution in [0.1, 0.15) is 53.0 Å². The molecule has 0 saturated heterocycles. The Morgan fingerprint density at radius 2 is 1.83 bits per heavy atom. The van der Waals surface area contributed by atoms with Crippen molar-refractivity contribution in [1.29, 1.82) is 0 Å². The zero-order valence-electron chi connectivity index (χ0n) is 17.8. The summed E-state index contributed by atoms with van der Waals surface area (Å²) in [5.74, 6) is 0.868. The lowest BCUT2D eigenvalue weighted by Crippen LogP contribution is -2.32. The second kappa shape index (κ2) is 8.14. The maximum atomic E-state index is 12.9. The van der Waals surface area contributed by atoms with Gasteiger partial charge in [0.25, 0.3) is 5.91 Å². The fraction of sp³-hybridized carbons (Fsp3) is 0.292. The van der Waals surface area contributed by atoms with Crippen molar-refractivity contribution in [1.82, 2.24) is 25.1 Å². The average molecular weight is 402 g/mol. The van der Waals surface area contributed by atoms with Crippen LogP contribution >= 0.6 is 0 Å². The zero-order valence-corrected chi connectivity index (χ0v) is 17.8. The molecule has 1 amide bonds. The fourth-order valence-corrected chi connectivity index (χ4v) is 3.66. The van der Waals surface area contributed by atoms with Crippen molar-refractivity contribution in [2.75, 3.05) is 0 Å². The topological polar surface area (TPSA) is 75.6 Å². The Balaban J connectivity index is 1.49. The van der Waals surface area contributed by atoms with Crippen LogP contribution in [0.2, 0.25) is 0 Å². The van der Waals surface area contributed by atoms with Crippen LogP contribution in [0, 0.1) is 19.8 Å². The van der Waals surface area contributed by atoms with E-state index in [2.05, 4.69) is 40.3 Å². The van der Waals surface area contributed by atoms with Crippen LogP contribution in [0.4, 0.5) is 0 Å². The van der Waals surface area contributed by atoms with E-state index in [1.165, 1.54) is 0 Å². The monoisotopic (exact) mass is 401 g/mol. The molecular formula is C24H27N5O. The van der Waals surface area contributed by atoms with Gasteiger partial charge in [0.05, 0.1) is 29.3 Å². The van der Waals surface area contributed by atoms with E-state index in [1.807, 2.05) is 67.1 Å². The van der Waals surface area contributed by atoms with E-state index in [4.69, 9.17) is 0 Å². The lowest BCUT2D eigenvalue weighted by atomic mass is 10.0. The summed E-state index contributed by atoms with van der Waals surface area (Å²) >= 11 is 0. The van der Waals surface area contributed by atoms with E-state index in [0.717, 1.165) is 33.8 Å². The third-order valence-electron chi connectivity index (χ3n) is 5.31. The molecule has 0 saturated carbocycles. The Labute approximate surface area is 176 Å². The second-order valence-electron chi connectivity index (χ2n) is 8.12. The quantitative estimate of drug-likeness (QED) is 0.498. The van der Waals surface area contributed by atoms with Gasteiger partial charge in [-0.25, -0.2) is 4.98 Å². The number of nitrogens with zero attached hydrogens (tertiary/aromatic N) is 3. The van der Waals surface area contributed by atoms with Crippen molar-refractivity contribution >= 4 is 16.9 Å². The molecule has 0 aliphatic carbocycles. The van der Waals surface area contributed by atoms with E-state index < -0.39 is 0 Å². The number of imidazole rings is 1. The maximum absolute atomic E-state index is 12.9. The minimum atomic E-state index is -0.195. The van der Waals surface area contributed by atoms with Gasteiger partial charge in [-0.2, -0.15) is 5.10 Å². The molecule has 1 atom stereocenters. The Bertz CT molecular complexity index is 1140. The number of rotatable bonds is 6. The van der Waals surface area contributed by atoms with Gasteiger partial charge in [-0.3, -0.25) is 9.48 Å². The first kappa shape index (κ1) is 19.9. The summed E-state index contributed by atoms with van der Waals surface area (Å²) in [7, 11) is 0. The number of H-pyrrole nitrogens is 1. The maximum Gasteiger partial charge on any atom is 0.251 e. The number of aromatic nitrogens is 4. The van der Waals surface area contributed by atoms with Crippen molar-refractivity contribution in [3.8, 4) is 0 Å². The van der Waals surface area contributed by atoms with Gasteiger partial charge in [0.15, 0.2) is 0 Å². The molecule has 2 aromatic heterocycles. The van der Waals surface area contributed by atoms with Gasteiger partial charge in [-0.1, -0.05) is 38.1 Å². The lowest BCUT2D eigenvalue weighted by molar-refractivity contribution is 0.0923. The van der Waals surface area contributed by atoms with Gasteiger partial charge in [-0.05, 0) is 55.7 Å². The number of aryl methyl sites for hydroxylation is 2. The van der Waals surface area contributed by atoms with Gasteiger partial charge in [0, 0.05) is 11.3 Å². The number of hydrogen-bond acceptors (Lipinski definition) is 3. The van der Waals surface area contributed by atoms with Crippen molar-refractivity contribution in [2.24, 2.45) is 5.92 Å². The van der Waals surface area contributed by atoms with Crippen LogP contribution in [0.25, 0.3) is 11.0 Å². The number of aromatic amines is 1. The minimum Gasteiger partial charge on any atom is -0.342 e. The van der Waals surface area contributed by atoms with Gasteiger partial charge < -0.3 is 10.3 Å². The predicted molar refractivity (Wildman–Crippen MR) is 118 cm³/mol. The van der Waals surface area contributed by atoms with E-state index in [-0.39, 0.29) is 17.9 Å². The Kier molecular flexibility index (Phi) is 5.40.